The number of nitrogens with zero attached hydrogens (tertiary/aromatic N) is 1. The normalized spacial score (nSPS) is 10.4. The number of halogens is 2. The first kappa shape index (κ1) is 11.3. The molecule has 0 aliphatic carbocycles. The predicted molar refractivity (Wildman–Crippen MR) is 60.9 cm³/mol. The molecule has 0 atom stereocenters. The summed E-state index contributed by atoms with van der Waals surface area (Å²) in [5.41, 5.74) is 6.00. The van der Waals surface area contributed by atoms with E-state index in [9.17, 15) is 0 Å². The first-order valence-electron chi connectivity index (χ1n) is 4.46. The van der Waals surface area contributed by atoms with Crippen LogP contribution >= 0.6 is 23.2 Å². The van der Waals surface area contributed by atoms with Crippen molar-refractivity contribution in [3.8, 4) is 11.8 Å². The molecule has 2 N–H and O–H groups in total. The second kappa shape index (κ2) is 4.74. The zero-order valence-corrected chi connectivity index (χ0v) is 9.63. The Kier molecular flexibility index (Phi) is 3.33. The van der Waals surface area contributed by atoms with Crippen molar-refractivity contribution in [2.75, 3.05) is 0 Å². The summed E-state index contributed by atoms with van der Waals surface area (Å²) in [6.07, 6.45) is 1.53. The topological polar surface area (TPSA) is 61.3 Å². The minimum atomic E-state index is 0.102. The van der Waals surface area contributed by atoms with Crippen molar-refractivity contribution in [3.05, 3.63) is 40.2 Å². The van der Waals surface area contributed by atoms with Gasteiger partial charge in [-0.15, -0.1) is 0 Å². The van der Waals surface area contributed by atoms with Gasteiger partial charge >= 0.3 is 6.08 Å². The molecule has 2 rings (SSSR count). The quantitative estimate of drug-likeness (QED) is 0.919. The van der Waals surface area contributed by atoms with Crippen LogP contribution in [-0.4, -0.2) is 4.98 Å². The Morgan fingerprint density at radius 1 is 1.38 bits per heavy atom. The summed E-state index contributed by atoms with van der Waals surface area (Å²) in [6, 6.07) is 4.87. The fourth-order valence-electron chi connectivity index (χ4n) is 1.08. The van der Waals surface area contributed by atoms with E-state index in [4.69, 9.17) is 38.1 Å². The first-order chi connectivity index (χ1) is 7.69. The van der Waals surface area contributed by atoms with E-state index in [-0.39, 0.29) is 6.08 Å². The lowest BCUT2D eigenvalue weighted by Gasteiger charge is -2.02. The summed E-state index contributed by atoms with van der Waals surface area (Å²) in [7, 11) is 0. The van der Waals surface area contributed by atoms with Crippen molar-refractivity contribution in [1.82, 2.24) is 4.98 Å². The Morgan fingerprint density at radius 3 is 2.81 bits per heavy atom. The molecule has 84 valence electrons. The maximum atomic E-state index is 5.92. The number of oxazole rings is 1. The summed E-state index contributed by atoms with van der Waals surface area (Å²) in [5.74, 6) is 0.427. The van der Waals surface area contributed by atoms with Gasteiger partial charge < -0.3 is 14.9 Å². The number of ether oxygens (including phenoxy) is 1. The molecule has 0 amide bonds. The van der Waals surface area contributed by atoms with E-state index in [0.717, 1.165) is 0 Å². The third kappa shape index (κ3) is 2.47. The Labute approximate surface area is 102 Å². The molecule has 0 aliphatic heterocycles. The van der Waals surface area contributed by atoms with E-state index < -0.39 is 0 Å². The molecule has 0 radical (unpaired) electrons. The lowest BCUT2D eigenvalue weighted by molar-refractivity contribution is 0.331. The highest BCUT2D eigenvalue weighted by Crippen LogP contribution is 2.31. The van der Waals surface area contributed by atoms with Gasteiger partial charge in [-0.1, -0.05) is 23.2 Å². The van der Waals surface area contributed by atoms with Crippen LogP contribution in [0.4, 0.5) is 0 Å². The molecule has 0 fully saturated rings. The van der Waals surface area contributed by atoms with Crippen molar-refractivity contribution in [2.24, 2.45) is 5.73 Å². The van der Waals surface area contributed by atoms with Crippen LogP contribution in [-0.2, 0) is 6.54 Å². The molecule has 1 aromatic heterocycles. The number of hydrogen-bond acceptors (Lipinski definition) is 4. The van der Waals surface area contributed by atoms with E-state index in [1.165, 1.54) is 6.26 Å². The zero-order valence-electron chi connectivity index (χ0n) is 8.11. The number of benzene rings is 1. The van der Waals surface area contributed by atoms with Crippen LogP contribution in [0.2, 0.25) is 10.0 Å². The molecule has 16 heavy (non-hydrogen) atoms. The average Bonchev–Trinajstić information content (AvgIpc) is 2.70. The summed E-state index contributed by atoms with van der Waals surface area (Å²) < 4.78 is 10.4. The largest absolute Gasteiger partial charge is 0.417 e. The SMILES string of the molecule is NCc1coc(Oc2ccc(Cl)cc2Cl)n1. The standard InChI is InChI=1S/C10H8Cl2N2O2/c11-6-1-2-9(8(12)3-6)16-10-14-7(4-13)5-15-10/h1-3,5H,4,13H2. The predicted octanol–water partition coefficient (Wildman–Crippen LogP) is 3.23. The van der Waals surface area contributed by atoms with Crippen LogP contribution in [0.5, 0.6) is 11.8 Å². The Morgan fingerprint density at radius 2 is 2.19 bits per heavy atom. The Hall–Kier alpha value is -1.23. The number of rotatable bonds is 3. The van der Waals surface area contributed by atoms with Crippen LogP contribution < -0.4 is 10.5 Å². The zero-order chi connectivity index (χ0) is 11.5. The van der Waals surface area contributed by atoms with Gasteiger partial charge in [-0.25, -0.2) is 0 Å². The molecular formula is C10H8Cl2N2O2. The van der Waals surface area contributed by atoms with Crippen molar-refractivity contribution in [3.63, 3.8) is 0 Å². The minimum Gasteiger partial charge on any atom is -0.417 e. The Balaban J connectivity index is 2.20. The maximum Gasteiger partial charge on any atom is 0.399 e. The average molecular weight is 259 g/mol. The second-order valence-electron chi connectivity index (χ2n) is 2.99. The van der Waals surface area contributed by atoms with Crippen molar-refractivity contribution in [2.45, 2.75) is 6.54 Å². The number of aromatic nitrogens is 1. The van der Waals surface area contributed by atoms with Crippen LogP contribution in [0, 0.1) is 0 Å². The number of hydrogen-bond donors (Lipinski definition) is 1. The summed E-state index contributed by atoms with van der Waals surface area (Å²) in [6.45, 7) is 0.293. The first-order valence-corrected chi connectivity index (χ1v) is 5.22. The highest BCUT2D eigenvalue weighted by Gasteiger charge is 2.08. The second-order valence-corrected chi connectivity index (χ2v) is 3.83. The van der Waals surface area contributed by atoms with Crippen molar-refractivity contribution in [1.29, 1.82) is 0 Å². The van der Waals surface area contributed by atoms with Gasteiger partial charge in [0.2, 0.25) is 0 Å². The van der Waals surface area contributed by atoms with E-state index in [1.807, 2.05) is 0 Å². The van der Waals surface area contributed by atoms with Gasteiger partial charge in [0.15, 0.2) is 5.75 Å². The molecule has 2 aromatic rings. The van der Waals surface area contributed by atoms with E-state index >= 15 is 0 Å². The van der Waals surface area contributed by atoms with Gasteiger partial charge in [0, 0.05) is 11.6 Å². The van der Waals surface area contributed by atoms with E-state index in [1.54, 1.807) is 18.2 Å². The molecule has 0 bridgehead atoms. The van der Waals surface area contributed by atoms with Crippen molar-refractivity contribution < 1.29 is 9.15 Å². The van der Waals surface area contributed by atoms with Crippen LogP contribution in [0.15, 0.2) is 28.9 Å². The molecular weight excluding hydrogens is 251 g/mol. The third-order valence-electron chi connectivity index (χ3n) is 1.83. The van der Waals surface area contributed by atoms with Gasteiger partial charge in [0.05, 0.1) is 10.7 Å². The molecule has 0 unspecified atom stereocenters. The lowest BCUT2D eigenvalue weighted by atomic mass is 10.3. The van der Waals surface area contributed by atoms with Gasteiger partial charge in [0.25, 0.3) is 0 Å². The number of nitrogens with two attached hydrogens (primary N) is 1. The van der Waals surface area contributed by atoms with Gasteiger partial charge in [-0.3, -0.25) is 0 Å². The summed E-state index contributed by atoms with van der Waals surface area (Å²) in [4.78, 5) is 3.98. The van der Waals surface area contributed by atoms with E-state index in [0.29, 0.717) is 28.0 Å². The Bertz CT molecular complexity index is 499. The third-order valence-corrected chi connectivity index (χ3v) is 2.36. The molecule has 0 spiro atoms. The van der Waals surface area contributed by atoms with Crippen LogP contribution in [0.25, 0.3) is 0 Å². The molecule has 0 aliphatic rings. The van der Waals surface area contributed by atoms with Crippen molar-refractivity contribution >= 4 is 23.2 Å². The molecule has 6 heteroatoms. The van der Waals surface area contributed by atoms with Crippen LogP contribution in [0.3, 0.4) is 0 Å². The fourth-order valence-corrected chi connectivity index (χ4v) is 1.53. The van der Waals surface area contributed by atoms with Gasteiger partial charge in [-0.05, 0) is 18.2 Å². The molecule has 4 nitrogen and oxygen atoms in total. The summed E-state index contributed by atoms with van der Waals surface area (Å²) >= 11 is 11.7. The van der Waals surface area contributed by atoms with Gasteiger partial charge in [0.1, 0.15) is 6.26 Å². The fraction of sp³-hybridized carbons (Fsp3) is 0.100. The maximum absolute atomic E-state index is 5.92. The molecule has 1 heterocycles. The van der Waals surface area contributed by atoms with Gasteiger partial charge in [-0.2, -0.15) is 4.98 Å². The highest BCUT2D eigenvalue weighted by atomic mass is 35.5. The van der Waals surface area contributed by atoms with Crippen LogP contribution in [0.1, 0.15) is 5.69 Å². The van der Waals surface area contributed by atoms with E-state index in [2.05, 4.69) is 4.98 Å². The monoisotopic (exact) mass is 258 g/mol. The molecule has 0 saturated heterocycles. The molecule has 0 saturated carbocycles. The minimum absolute atomic E-state index is 0.102. The lowest BCUT2D eigenvalue weighted by Crippen LogP contribution is -1.95. The highest BCUT2D eigenvalue weighted by molar-refractivity contribution is 6.35. The summed E-state index contributed by atoms with van der Waals surface area (Å²) in [5, 5.41) is 0.924. The molecule has 1 aromatic carbocycles. The smallest absolute Gasteiger partial charge is 0.399 e.